The molecule has 0 radical (unpaired) electrons. The zero-order chi connectivity index (χ0) is 15.1. The summed E-state index contributed by atoms with van der Waals surface area (Å²) in [7, 11) is 0. The van der Waals surface area contributed by atoms with Crippen molar-refractivity contribution in [3.63, 3.8) is 0 Å². The molecular formula is C16H22N2O3. The van der Waals surface area contributed by atoms with Crippen LogP contribution in [0.1, 0.15) is 19.4 Å². The Hall–Kier alpha value is -1.69. The summed E-state index contributed by atoms with van der Waals surface area (Å²) in [5.41, 5.74) is 1.50. The Morgan fingerprint density at radius 2 is 1.90 bits per heavy atom. The Bertz CT molecular complexity index is 618. The van der Waals surface area contributed by atoms with Gasteiger partial charge in [0.15, 0.2) is 6.29 Å². The van der Waals surface area contributed by atoms with Crippen LogP contribution in [0.2, 0.25) is 0 Å². The van der Waals surface area contributed by atoms with E-state index in [1.807, 2.05) is 44.2 Å². The van der Waals surface area contributed by atoms with E-state index in [1.165, 1.54) is 0 Å². The molecule has 0 spiro atoms. The molecule has 1 heterocycles. The molecule has 2 aromatic rings. The molecule has 0 bridgehead atoms. The zero-order valence-electron chi connectivity index (χ0n) is 12.5. The number of H-pyrrole nitrogens is 1. The monoisotopic (exact) mass is 290 g/mol. The normalized spacial score (nSPS) is 11.4. The van der Waals surface area contributed by atoms with E-state index in [0.717, 1.165) is 10.9 Å². The van der Waals surface area contributed by atoms with Crippen molar-refractivity contribution in [2.45, 2.75) is 26.7 Å². The van der Waals surface area contributed by atoms with Gasteiger partial charge in [-0.15, -0.1) is 0 Å². The van der Waals surface area contributed by atoms with Gasteiger partial charge in [0, 0.05) is 37.4 Å². The fourth-order valence-corrected chi connectivity index (χ4v) is 2.19. The maximum Gasteiger partial charge on any atom is 0.252 e. The van der Waals surface area contributed by atoms with Crippen molar-refractivity contribution in [2.24, 2.45) is 0 Å². The summed E-state index contributed by atoms with van der Waals surface area (Å²) in [5, 5.41) is 4.23. The predicted octanol–water partition coefficient (Wildman–Crippen LogP) is 2.02. The number of hydrogen-bond acceptors (Lipinski definition) is 4. The minimum Gasteiger partial charge on any atom is -0.352 e. The van der Waals surface area contributed by atoms with Crippen molar-refractivity contribution < 1.29 is 9.47 Å². The van der Waals surface area contributed by atoms with Crippen molar-refractivity contribution in [3.8, 4) is 0 Å². The Morgan fingerprint density at radius 3 is 2.62 bits per heavy atom. The van der Waals surface area contributed by atoms with Crippen LogP contribution in [0.4, 0.5) is 0 Å². The lowest BCUT2D eigenvalue weighted by Crippen LogP contribution is -2.32. The molecule has 0 saturated carbocycles. The van der Waals surface area contributed by atoms with Gasteiger partial charge in [-0.2, -0.15) is 0 Å². The van der Waals surface area contributed by atoms with Gasteiger partial charge < -0.3 is 19.8 Å². The van der Waals surface area contributed by atoms with Gasteiger partial charge in [0.2, 0.25) is 0 Å². The number of hydrogen-bond donors (Lipinski definition) is 2. The Labute approximate surface area is 124 Å². The highest BCUT2D eigenvalue weighted by Gasteiger charge is 2.08. The minimum atomic E-state index is -0.278. The standard InChI is InChI=1S/C16H22N2O3/c1-3-20-15(21-4-2)11-17-10-13-9-12-7-5-6-8-14(12)18-16(13)19/h5-9,15,17H,3-4,10-11H2,1-2H3,(H,18,19). The lowest BCUT2D eigenvalue weighted by molar-refractivity contribution is -0.133. The average Bonchev–Trinajstić information content (AvgIpc) is 2.48. The quantitative estimate of drug-likeness (QED) is 0.730. The van der Waals surface area contributed by atoms with Crippen molar-refractivity contribution in [1.29, 1.82) is 0 Å². The first-order valence-corrected chi connectivity index (χ1v) is 7.29. The highest BCUT2D eigenvalue weighted by atomic mass is 16.7. The number of benzene rings is 1. The SMILES string of the molecule is CCOC(CNCc1cc2ccccc2[nH]c1=O)OCC. The topological polar surface area (TPSA) is 63.3 Å². The highest BCUT2D eigenvalue weighted by Crippen LogP contribution is 2.09. The first-order valence-electron chi connectivity index (χ1n) is 7.29. The third kappa shape index (κ3) is 4.39. The molecule has 2 rings (SSSR count). The first kappa shape index (κ1) is 15.7. The second-order valence-corrected chi connectivity index (χ2v) is 4.68. The van der Waals surface area contributed by atoms with Crippen LogP contribution < -0.4 is 10.9 Å². The summed E-state index contributed by atoms with van der Waals surface area (Å²) in [6.45, 7) is 6.09. The minimum absolute atomic E-state index is 0.0643. The van der Waals surface area contributed by atoms with Crippen LogP contribution in [0.3, 0.4) is 0 Å². The second kappa shape index (κ2) is 7.93. The molecule has 2 N–H and O–H groups in total. The van der Waals surface area contributed by atoms with Crippen LogP contribution in [0, 0.1) is 0 Å². The zero-order valence-corrected chi connectivity index (χ0v) is 12.5. The molecule has 1 aromatic carbocycles. The fraction of sp³-hybridized carbons (Fsp3) is 0.438. The van der Waals surface area contributed by atoms with E-state index in [2.05, 4.69) is 10.3 Å². The number of aromatic nitrogens is 1. The maximum atomic E-state index is 12.0. The third-order valence-electron chi connectivity index (χ3n) is 3.16. The van der Waals surface area contributed by atoms with E-state index in [4.69, 9.17) is 9.47 Å². The van der Waals surface area contributed by atoms with Crippen LogP contribution in [-0.4, -0.2) is 31.0 Å². The molecule has 0 aliphatic rings. The molecule has 1 aromatic heterocycles. The number of para-hydroxylation sites is 1. The van der Waals surface area contributed by atoms with E-state index in [0.29, 0.717) is 31.9 Å². The number of nitrogens with one attached hydrogen (secondary N) is 2. The van der Waals surface area contributed by atoms with Crippen LogP contribution in [0.15, 0.2) is 35.1 Å². The van der Waals surface area contributed by atoms with Gasteiger partial charge in [0.1, 0.15) is 0 Å². The summed E-state index contributed by atoms with van der Waals surface area (Å²) in [5.74, 6) is 0. The fourth-order valence-electron chi connectivity index (χ4n) is 2.19. The summed E-state index contributed by atoms with van der Waals surface area (Å²) in [4.78, 5) is 14.9. The first-order chi connectivity index (χ1) is 10.2. The van der Waals surface area contributed by atoms with E-state index in [-0.39, 0.29) is 11.8 Å². The van der Waals surface area contributed by atoms with Crippen molar-refractivity contribution in [1.82, 2.24) is 10.3 Å². The number of ether oxygens (including phenoxy) is 2. The molecule has 0 fully saturated rings. The smallest absolute Gasteiger partial charge is 0.252 e. The molecule has 0 aliphatic heterocycles. The molecule has 0 aliphatic carbocycles. The van der Waals surface area contributed by atoms with Gasteiger partial charge in [-0.05, 0) is 31.4 Å². The largest absolute Gasteiger partial charge is 0.352 e. The summed E-state index contributed by atoms with van der Waals surface area (Å²) >= 11 is 0. The van der Waals surface area contributed by atoms with Gasteiger partial charge in [-0.25, -0.2) is 0 Å². The number of aromatic amines is 1. The summed E-state index contributed by atoms with van der Waals surface area (Å²) in [6.07, 6.45) is -0.278. The van der Waals surface area contributed by atoms with Gasteiger partial charge in [0.25, 0.3) is 5.56 Å². The number of pyridine rings is 1. The van der Waals surface area contributed by atoms with Crippen molar-refractivity contribution in [2.75, 3.05) is 19.8 Å². The molecule has 0 saturated heterocycles. The van der Waals surface area contributed by atoms with Gasteiger partial charge in [-0.3, -0.25) is 4.79 Å². The Morgan fingerprint density at radius 1 is 1.19 bits per heavy atom. The molecule has 0 unspecified atom stereocenters. The number of fused-ring (bicyclic) bond motifs is 1. The Kier molecular flexibility index (Phi) is 5.92. The summed E-state index contributed by atoms with van der Waals surface area (Å²) < 4.78 is 10.9. The van der Waals surface area contributed by atoms with Crippen LogP contribution in [-0.2, 0) is 16.0 Å². The van der Waals surface area contributed by atoms with E-state index in [9.17, 15) is 4.79 Å². The van der Waals surface area contributed by atoms with Gasteiger partial charge >= 0.3 is 0 Å². The van der Waals surface area contributed by atoms with Crippen molar-refractivity contribution in [3.05, 3.63) is 46.2 Å². The molecular weight excluding hydrogens is 268 g/mol. The van der Waals surface area contributed by atoms with E-state index < -0.39 is 0 Å². The number of rotatable bonds is 8. The summed E-state index contributed by atoms with van der Waals surface area (Å²) in [6, 6.07) is 9.66. The second-order valence-electron chi connectivity index (χ2n) is 4.68. The van der Waals surface area contributed by atoms with E-state index >= 15 is 0 Å². The lowest BCUT2D eigenvalue weighted by atomic mass is 10.1. The molecule has 5 heteroatoms. The van der Waals surface area contributed by atoms with Crippen molar-refractivity contribution >= 4 is 10.9 Å². The predicted molar refractivity (Wildman–Crippen MR) is 83.3 cm³/mol. The molecule has 0 atom stereocenters. The van der Waals surface area contributed by atoms with E-state index in [1.54, 1.807) is 0 Å². The molecule has 5 nitrogen and oxygen atoms in total. The highest BCUT2D eigenvalue weighted by molar-refractivity contribution is 5.78. The van der Waals surface area contributed by atoms with Crippen LogP contribution in [0.5, 0.6) is 0 Å². The molecule has 0 amide bonds. The maximum absolute atomic E-state index is 12.0. The average molecular weight is 290 g/mol. The van der Waals surface area contributed by atoms with Crippen LogP contribution >= 0.6 is 0 Å². The third-order valence-corrected chi connectivity index (χ3v) is 3.16. The lowest BCUT2D eigenvalue weighted by Gasteiger charge is -2.17. The Balaban J connectivity index is 1.99. The van der Waals surface area contributed by atoms with Crippen LogP contribution in [0.25, 0.3) is 10.9 Å². The molecule has 114 valence electrons. The van der Waals surface area contributed by atoms with Gasteiger partial charge in [0.05, 0.1) is 0 Å². The van der Waals surface area contributed by atoms with Gasteiger partial charge in [-0.1, -0.05) is 18.2 Å². The molecule has 21 heavy (non-hydrogen) atoms.